The highest BCUT2D eigenvalue weighted by Gasteiger charge is 2.31. The summed E-state index contributed by atoms with van der Waals surface area (Å²) in [6, 6.07) is 8.10. The number of pyridine rings is 1. The predicted octanol–water partition coefficient (Wildman–Crippen LogP) is 3.57. The topological polar surface area (TPSA) is 57.6 Å². The summed E-state index contributed by atoms with van der Waals surface area (Å²) < 4.78 is 42.9. The van der Waals surface area contributed by atoms with Crippen LogP contribution in [-0.2, 0) is 12.7 Å². The van der Waals surface area contributed by atoms with Crippen LogP contribution in [0.15, 0.2) is 36.5 Å². The van der Waals surface area contributed by atoms with Gasteiger partial charge in [0.25, 0.3) is 0 Å². The molecular weight excluding hydrogens is 359 g/mol. The Morgan fingerprint density at radius 3 is 2.52 bits per heavy atom. The van der Waals surface area contributed by atoms with Crippen molar-refractivity contribution in [1.82, 2.24) is 10.3 Å². The molecule has 1 aromatic heterocycles. The lowest BCUT2D eigenvalue weighted by Gasteiger charge is -2.33. The molecule has 146 valence electrons. The van der Waals surface area contributed by atoms with Gasteiger partial charge < -0.3 is 20.1 Å². The Morgan fingerprint density at radius 1 is 1.22 bits per heavy atom. The molecule has 0 bridgehead atoms. The summed E-state index contributed by atoms with van der Waals surface area (Å²) in [6.07, 6.45) is -1.75. The minimum atomic E-state index is -4.36. The van der Waals surface area contributed by atoms with Crippen LogP contribution in [0.5, 0.6) is 11.5 Å². The average Bonchev–Trinajstić information content (AvgIpc) is 2.66. The lowest BCUT2D eigenvalue weighted by molar-refractivity contribution is -0.137. The lowest BCUT2D eigenvalue weighted by atomic mass is 10.0. The van der Waals surface area contributed by atoms with Crippen molar-refractivity contribution in [3.63, 3.8) is 0 Å². The van der Waals surface area contributed by atoms with Gasteiger partial charge in [0.15, 0.2) is 11.5 Å². The molecule has 5 nitrogen and oxygen atoms in total. The smallest absolute Gasteiger partial charge is 0.417 e. The van der Waals surface area contributed by atoms with Gasteiger partial charge in [-0.3, -0.25) is 0 Å². The molecule has 1 aliphatic heterocycles. The van der Waals surface area contributed by atoms with Crippen LogP contribution < -0.4 is 15.0 Å². The van der Waals surface area contributed by atoms with Gasteiger partial charge in [-0.05, 0) is 42.7 Å². The SMILES string of the molecule is COc1ccc(CNC2CCN(c3ccc(C(F)(F)F)cn3)CC2)cc1O. The molecular formula is C19H22F3N3O2. The van der Waals surface area contributed by atoms with Crippen LogP contribution in [0.3, 0.4) is 0 Å². The van der Waals surface area contributed by atoms with Gasteiger partial charge in [0.05, 0.1) is 12.7 Å². The van der Waals surface area contributed by atoms with E-state index >= 15 is 0 Å². The number of ether oxygens (including phenoxy) is 1. The average molecular weight is 381 g/mol. The molecule has 0 amide bonds. The number of rotatable bonds is 5. The van der Waals surface area contributed by atoms with E-state index in [-0.39, 0.29) is 5.75 Å². The number of methoxy groups -OCH3 is 1. The normalized spacial score (nSPS) is 15.8. The Balaban J connectivity index is 1.49. The third kappa shape index (κ3) is 4.82. The minimum Gasteiger partial charge on any atom is -0.504 e. The van der Waals surface area contributed by atoms with Crippen molar-refractivity contribution in [2.24, 2.45) is 0 Å². The number of anilines is 1. The second kappa shape index (κ2) is 8.04. The fourth-order valence-corrected chi connectivity index (χ4v) is 3.16. The van der Waals surface area contributed by atoms with Gasteiger partial charge in [0.2, 0.25) is 0 Å². The van der Waals surface area contributed by atoms with Crippen LogP contribution in [-0.4, -0.2) is 36.3 Å². The number of benzene rings is 1. The number of hydrogen-bond donors (Lipinski definition) is 2. The first-order valence-electron chi connectivity index (χ1n) is 8.74. The minimum absolute atomic E-state index is 0.111. The van der Waals surface area contributed by atoms with Crippen LogP contribution in [0.25, 0.3) is 0 Å². The first-order valence-corrected chi connectivity index (χ1v) is 8.74. The molecule has 2 heterocycles. The van der Waals surface area contributed by atoms with Crippen LogP contribution in [0.1, 0.15) is 24.0 Å². The highest BCUT2D eigenvalue weighted by molar-refractivity contribution is 5.42. The monoisotopic (exact) mass is 381 g/mol. The maximum Gasteiger partial charge on any atom is 0.417 e. The third-order valence-electron chi connectivity index (χ3n) is 4.73. The number of nitrogens with one attached hydrogen (secondary N) is 1. The second-order valence-corrected chi connectivity index (χ2v) is 6.55. The second-order valence-electron chi connectivity index (χ2n) is 6.55. The summed E-state index contributed by atoms with van der Waals surface area (Å²) in [4.78, 5) is 5.96. The van der Waals surface area contributed by atoms with Gasteiger partial charge in [0.1, 0.15) is 5.82 Å². The van der Waals surface area contributed by atoms with Crippen LogP contribution in [0.2, 0.25) is 0 Å². The molecule has 1 aliphatic rings. The molecule has 27 heavy (non-hydrogen) atoms. The Bertz CT molecular complexity index is 758. The van der Waals surface area contributed by atoms with E-state index in [0.717, 1.165) is 43.8 Å². The maximum atomic E-state index is 12.6. The van der Waals surface area contributed by atoms with E-state index in [9.17, 15) is 18.3 Å². The van der Waals surface area contributed by atoms with Crippen molar-refractivity contribution >= 4 is 5.82 Å². The van der Waals surface area contributed by atoms with Crippen LogP contribution in [0.4, 0.5) is 19.0 Å². The highest BCUT2D eigenvalue weighted by Crippen LogP contribution is 2.30. The van der Waals surface area contributed by atoms with Crippen molar-refractivity contribution in [2.75, 3.05) is 25.1 Å². The number of hydrogen-bond acceptors (Lipinski definition) is 5. The molecule has 1 aromatic carbocycles. The van der Waals surface area contributed by atoms with Crippen molar-refractivity contribution in [2.45, 2.75) is 31.6 Å². The molecule has 0 radical (unpaired) electrons. The van der Waals surface area contributed by atoms with Crippen molar-refractivity contribution < 1.29 is 23.0 Å². The Kier molecular flexibility index (Phi) is 5.74. The molecule has 1 fully saturated rings. The highest BCUT2D eigenvalue weighted by atomic mass is 19.4. The van der Waals surface area contributed by atoms with E-state index in [2.05, 4.69) is 10.3 Å². The molecule has 0 aliphatic carbocycles. The zero-order valence-corrected chi connectivity index (χ0v) is 15.0. The Hall–Kier alpha value is -2.48. The summed E-state index contributed by atoms with van der Waals surface area (Å²) in [5.74, 6) is 1.12. The van der Waals surface area contributed by atoms with Gasteiger partial charge in [-0.1, -0.05) is 6.07 Å². The number of aromatic nitrogens is 1. The number of halogens is 3. The molecule has 0 spiro atoms. The van der Waals surface area contributed by atoms with Gasteiger partial charge in [-0.15, -0.1) is 0 Å². The quantitative estimate of drug-likeness (QED) is 0.829. The van der Waals surface area contributed by atoms with Gasteiger partial charge >= 0.3 is 6.18 Å². The largest absolute Gasteiger partial charge is 0.504 e. The van der Waals surface area contributed by atoms with E-state index in [1.807, 2.05) is 11.0 Å². The van der Waals surface area contributed by atoms with E-state index in [1.54, 1.807) is 12.1 Å². The zero-order valence-electron chi connectivity index (χ0n) is 15.0. The number of phenols is 1. The fraction of sp³-hybridized carbons (Fsp3) is 0.421. The van der Waals surface area contributed by atoms with E-state index in [4.69, 9.17) is 4.74 Å². The zero-order chi connectivity index (χ0) is 19.4. The molecule has 0 saturated carbocycles. The Labute approximate surface area is 155 Å². The first kappa shape index (κ1) is 19.3. The summed E-state index contributed by atoms with van der Waals surface area (Å²) in [5.41, 5.74) is 0.227. The van der Waals surface area contributed by atoms with E-state index in [0.29, 0.717) is 24.2 Å². The number of nitrogens with zero attached hydrogens (tertiary/aromatic N) is 2. The van der Waals surface area contributed by atoms with Crippen molar-refractivity contribution in [3.05, 3.63) is 47.7 Å². The van der Waals surface area contributed by atoms with E-state index in [1.165, 1.54) is 13.2 Å². The van der Waals surface area contributed by atoms with Gasteiger partial charge in [-0.25, -0.2) is 4.98 Å². The molecule has 1 saturated heterocycles. The Morgan fingerprint density at radius 2 is 1.96 bits per heavy atom. The molecule has 2 N–H and O–H groups in total. The molecule has 0 unspecified atom stereocenters. The number of phenolic OH excluding ortho intramolecular Hbond substituents is 1. The number of alkyl halides is 3. The van der Waals surface area contributed by atoms with Crippen molar-refractivity contribution in [1.29, 1.82) is 0 Å². The summed E-state index contributed by atoms with van der Waals surface area (Å²) in [5, 5.41) is 13.3. The third-order valence-corrected chi connectivity index (χ3v) is 4.73. The molecule has 2 aromatic rings. The number of piperidine rings is 1. The van der Waals surface area contributed by atoms with E-state index < -0.39 is 11.7 Å². The predicted molar refractivity (Wildman–Crippen MR) is 96.0 cm³/mol. The van der Waals surface area contributed by atoms with Crippen LogP contribution in [0, 0.1) is 0 Å². The molecule has 3 rings (SSSR count). The van der Waals surface area contributed by atoms with Crippen molar-refractivity contribution in [3.8, 4) is 11.5 Å². The maximum absolute atomic E-state index is 12.6. The first-order chi connectivity index (χ1) is 12.9. The van der Waals surface area contributed by atoms with Gasteiger partial charge in [-0.2, -0.15) is 13.2 Å². The standard InChI is InChI=1S/C19H22F3N3O2/c1-27-17-4-2-13(10-16(17)26)11-23-15-6-8-25(9-7-15)18-5-3-14(12-24-18)19(20,21)22/h2-5,10,12,15,23,26H,6-9,11H2,1H3. The summed E-state index contributed by atoms with van der Waals surface area (Å²) in [6.45, 7) is 2.08. The summed E-state index contributed by atoms with van der Waals surface area (Å²) >= 11 is 0. The van der Waals surface area contributed by atoms with Crippen LogP contribution >= 0.6 is 0 Å². The fourth-order valence-electron chi connectivity index (χ4n) is 3.16. The molecule has 0 atom stereocenters. The lowest BCUT2D eigenvalue weighted by Crippen LogP contribution is -2.42. The molecule has 8 heteroatoms. The summed E-state index contributed by atoms with van der Waals surface area (Å²) in [7, 11) is 1.51. The van der Waals surface area contributed by atoms with Gasteiger partial charge in [0, 0.05) is 31.9 Å². The number of aromatic hydroxyl groups is 1.